The van der Waals surface area contributed by atoms with E-state index >= 15 is 0 Å². The quantitative estimate of drug-likeness (QED) is 0.255. The number of hydrogen-bond acceptors (Lipinski definition) is 3. The van der Waals surface area contributed by atoms with E-state index in [2.05, 4.69) is 26.3 Å². The van der Waals surface area contributed by atoms with Crippen molar-refractivity contribution in [2.45, 2.75) is 25.9 Å². The number of halogens is 2. The van der Waals surface area contributed by atoms with Gasteiger partial charge in [-0.2, -0.15) is 0 Å². The molecule has 1 fully saturated rings. The number of amides is 1. The number of nitrogens with one attached hydrogen (secondary N) is 2. The van der Waals surface area contributed by atoms with Gasteiger partial charge in [0, 0.05) is 40.4 Å². The van der Waals surface area contributed by atoms with Crippen LogP contribution in [0, 0.1) is 5.92 Å². The number of thiocarbonyl (C=S) groups is 1. The summed E-state index contributed by atoms with van der Waals surface area (Å²) in [5.74, 6) is -0.255. The highest BCUT2D eigenvalue weighted by Crippen LogP contribution is 2.43. The average Bonchev–Trinajstić information content (AvgIpc) is 3.50. The summed E-state index contributed by atoms with van der Waals surface area (Å²) < 4.78 is 2.11. The van der Waals surface area contributed by atoms with Crippen LogP contribution in [0.1, 0.15) is 37.3 Å². The van der Waals surface area contributed by atoms with Crippen LogP contribution in [0.3, 0.4) is 0 Å². The fourth-order valence-corrected chi connectivity index (χ4v) is 5.21. The first-order valence-electron chi connectivity index (χ1n) is 11.9. The minimum absolute atomic E-state index is 0.0968. The zero-order valence-corrected chi connectivity index (χ0v) is 22.6. The van der Waals surface area contributed by atoms with Crippen LogP contribution < -0.4 is 15.5 Å². The summed E-state index contributed by atoms with van der Waals surface area (Å²) in [5.41, 5.74) is 4.16. The van der Waals surface area contributed by atoms with E-state index in [4.69, 9.17) is 35.4 Å². The smallest absolute Gasteiger partial charge is 0.226 e. The van der Waals surface area contributed by atoms with Crippen molar-refractivity contribution in [2.24, 2.45) is 5.92 Å². The van der Waals surface area contributed by atoms with Gasteiger partial charge in [-0.1, -0.05) is 49.2 Å². The molecule has 1 aliphatic rings. The lowest BCUT2D eigenvalue weighted by Crippen LogP contribution is -2.30. The van der Waals surface area contributed by atoms with Crippen molar-refractivity contribution in [3.63, 3.8) is 0 Å². The van der Waals surface area contributed by atoms with E-state index in [9.17, 15) is 4.79 Å². The van der Waals surface area contributed by atoms with Gasteiger partial charge in [-0.15, -0.1) is 0 Å². The van der Waals surface area contributed by atoms with E-state index in [1.165, 1.54) is 0 Å². The lowest BCUT2D eigenvalue weighted by atomic mass is 10.0. The molecule has 5 rings (SSSR count). The van der Waals surface area contributed by atoms with Crippen LogP contribution in [0.4, 0.5) is 11.4 Å². The standard InChI is InChI=1S/C28H25Cl2N5OS/c1-17(2)27(36)32-22-12-11-20(16-21(22)30)35-26(25(33-28(35)37)23-9-3-4-13-31-23)24-10-6-14-34(24)19-8-5-7-18(29)15-19/h3-17,25-26H,1-2H3,(H,32,36)(H,33,37)/t25-,26-/m0/s1. The van der Waals surface area contributed by atoms with Crippen LogP contribution in [0.25, 0.3) is 5.69 Å². The van der Waals surface area contributed by atoms with Crippen molar-refractivity contribution in [3.8, 4) is 5.69 Å². The second kappa shape index (κ2) is 10.5. The van der Waals surface area contributed by atoms with Crippen molar-refractivity contribution in [3.05, 3.63) is 107 Å². The second-order valence-corrected chi connectivity index (χ2v) is 10.3. The Kier molecular flexibility index (Phi) is 7.20. The fraction of sp³-hybridized carbons (Fsp3) is 0.179. The van der Waals surface area contributed by atoms with Crippen molar-refractivity contribution >= 4 is 57.8 Å². The molecule has 0 saturated carbocycles. The summed E-state index contributed by atoms with van der Waals surface area (Å²) in [4.78, 5) is 18.9. The van der Waals surface area contributed by atoms with E-state index in [1.54, 1.807) is 6.20 Å². The summed E-state index contributed by atoms with van der Waals surface area (Å²) in [6, 6.07) is 22.7. The van der Waals surface area contributed by atoms with Gasteiger partial charge in [-0.05, 0) is 72.9 Å². The summed E-state index contributed by atoms with van der Waals surface area (Å²) in [6.07, 6.45) is 3.78. The molecular formula is C28H25Cl2N5OS. The topological polar surface area (TPSA) is 62.2 Å². The second-order valence-electron chi connectivity index (χ2n) is 9.09. The number of anilines is 2. The average molecular weight is 551 g/mol. The van der Waals surface area contributed by atoms with Gasteiger partial charge >= 0.3 is 0 Å². The Morgan fingerprint density at radius 1 is 1.03 bits per heavy atom. The van der Waals surface area contributed by atoms with Crippen LogP contribution in [-0.4, -0.2) is 20.6 Å². The van der Waals surface area contributed by atoms with Crippen LogP contribution in [0.15, 0.2) is 85.2 Å². The maximum atomic E-state index is 12.2. The molecule has 0 unspecified atom stereocenters. The molecule has 0 spiro atoms. The first-order valence-corrected chi connectivity index (χ1v) is 13.0. The number of nitrogens with zero attached hydrogens (tertiary/aromatic N) is 3. The highest BCUT2D eigenvalue weighted by atomic mass is 35.5. The van der Waals surface area contributed by atoms with Crippen LogP contribution in [0.2, 0.25) is 10.0 Å². The molecule has 2 aromatic carbocycles. The van der Waals surface area contributed by atoms with Gasteiger partial charge in [-0.3, -0.25) is 9.78 Å². The van der Waals surface area contributed by atoms with Gasteiger partial charge < -0.3 is 20.1 Å². The van der Waals surface area contributed by atoms with E-state index in [0.29, 0.717) is 20.8 Å². The molecule has 188 valence electrons. The molecule has 2 N–H and O–H groups in total. The number of carbonyl (C=O) groups is 1. The molecule has 0 bridgehead atoms. The first-order chi connectivity index (χ1) is 17.8. The first kappa shape index (κ1) is 25.3. The Labute approximate surface area is 231 Å². The van der Waals surface area contributed by atoms with Gasteiger partial charge in [0.1, 0.15) is 6.04 Å². The molecule has 6 nitrogen and oxygen atoms in total. The Morgan fingerprint density at radius 2 is 1.86 bits per heavy atom. The zero-order valence-electron chi connectivity index (χ0n) is 20.2. The van der Waals surface area contributed by atoms with Crippen molar-refractivity contribution in [2.75, 3.05) is 10.2 Å². The van der Waals surface area contributed by atoms with Crippen LogP contribution in [-0.2, 0) is 4.79 Å². The van der Waals surface area contributed by atoms with E-state index < -0.39 is 0 Å². The summed E-state index contributed by atoms with van der Waals surface area (Å²) in [7, 11) is 0. The van der Waals surface area contributed by atoms with Crippen molar-refractivity contribution in [1.82, 2.24) is 14.9 Å². The summed E-state index contributed by atoms with van der Waals surface area (Å²) in [5, 5.41) is 7.99. The molecule has 2 atom stereocenters. The predicted octanol–water partition coefficient (Wildman–Crippen LogP) is 6.95. The lowest BCUT2D eigenvalue weighted by Gasteiger charge is -2.29. The Balaban J connectivity index is 1.60. The Bertz CT molecular complexity index is 1460. The third-order valence-corrected chi connectivity index (χ3v) is 7.14. The number of aromatic nitrogens is 2. The molecule has 37 heavy (non-hydrogen) atoms. The molecule has 3 heterocycles. The van der Waals surface area contributed by atoms with Gasteiger partial charge in [0.2, 0.25) is 5.91 Å². The maximum absolute atomic E-state index is 12.2. The highest BCUT2D eigenvalue weighted by molar-refractivity contribution is 7.80. The normalized spacial score (nSPS) is 17.2. The van der Waals surface area contributed by atoms with Crippen LogP contribution in [0.5, 0.6) is 0 Å². The molecule has 1 saturated heterocycles. The third-order valence-electron chi connectivity index (χ3n) is 6.28. The van der Waals surface area contributed by atoms with E-state index in [0.717, 1.165) is 22.8 Å². The molecule has 1 amide bonds. The van der Waals surface area contributed by atoms with Gasteiger partial charge in [0.25, 0.3) is 0 Å². The van der Waals surface area contributed by atoms with Gasteiger partial charge in [0.15, 0.2) is 5.11 Å². The Hall–Kier alpha value is -3.39. The molecule has 4 aromatic rings. The van der Waals surface area contributed by atoms with Crippen molar-refractivity contribution < 1.29 is 4.79 Å². The zero-order chi connectivity index (χ0) is 26.1. The minimum Gasteiger partial charge on any atom is -0.351 e. The monoisotopic (exact) mass is 549 g/mol. The lowest BCUT2D eigenvalue weighted by molar-refractivity contribution is -0.118. The number of carbonyl (C=O) groups excluding carboxylic acids is 1. The Morgan fingerprint density at radius 3 is 2.57 bits per heavy atom. The van der Waals surface area contributed by atoms with Gasteiger partial charge in [-0.25, -0.2) is 0 Å². The largest absolute Gasteiger partial charge is 0.351 e. The molecular weight excluding hydrogens is 525 g/mol. The number of benzene rings is 2. The fourth-order valence-electron chi connectivity index (χ4n) is 4.46. The third kappa shape index (κ3) is 5.07. The van der Waals surface area contributed by atoms with Crippen molar-refractivity contribution in [1.29, 1.82) is 0 Å². The predicted molar refractivity (Wildman–Crippen MR) is 154 cm³/mol. The van der Waals surface area contributed by atoms with E-state index in [-0.39, 0.29) is 23.9 Å². The molecule has 9 heteroatoms. The van der Waals surface area contributed by atoms with E-state index in [1.807, 2.05) is 91.7 Å². The molecule has 2 aromatic heterocycles. The summed E-state index contributed by atoms with van der Waals surface area (Å²) >= 11 is 18.8. The maximum Gasteiger partial charge on any atom is 0.226 e. The SMILES string of the molecule is CC(C)C(=O)Nc1ccc(N2C(=S)N[C@@H](c3ccccn3)[C@@H]2c2cccn2-c2cccc(Cl)c2)cc1Cl. The molecule has 0 radical (unpaired) electrons. The summed E-state index contributed by atoms with van der Waals surface area (Å²) in [6.45, 7) is 3.67. The van der Waals surface area contributed by atoms with Crippen LogP contribution >= 0.6 is 35.4 Å². The number of hydrogen-bond donors (Lipinski definition) is 2. The highest BCUT2D eigenvalue weighted by Gasteiger charge is 2.42. The molecule has 1 aliphatic heterocycles. The number of rotatable bonds is 6. The molecule has 0 aliphatic carbocycles. The van der Waals surface area contributed by atoms with Gasteiger partial charge in [0.05, 0.1) is 22.4 Å². The number of pyridine rings is 1. The minimum atomic E-state index is -0.247.